The molecule has 2 heterocycles. The summed E-state index contributed by atoms with van der Waals surface area (Å²) in [6.45, 7) is 4.74. The summed E-state index contributed by atoms with van der Waals surface area (Å²) < 4.78 is 34.2. The van der Waals surface area contributed by atoms with Crippen molar-refractivity contribution in [2.24, 2.45) is 5.92 Å². The van der Waals surface area contributed by atoms with Crippen LogP contribution in [-0.4, -0.2) is 49.3 Å². The number of benzene rings is 2. The highest BCUT2D eigenvalue weighted by molar-refractivity contribution is 7.89. The van der Waals surface area contributed by atoms with Crippen molar-refractivity contribution in [3.8, 4) is 5.75 Å². The summed E-state index contributed by atoms with van der Waals surface area (Å²) in [5, 5.41) is 0.461. The molecule has 0 aliphatic carbocycles. The van der Waals surface area contributed by atoms with Crippen LogP contribution in [0, 0.1) is 5.92 Å². The van der Waals surface area contributed by atoms with Crippen molar-refractivity contribution in [2.75, 3.05) is 13.7 Å². The van der Waals surface area contributed by atoms with Gasteiger partial charge in [0.25, 0.3) is 0 Å². The van der Waals surface area contributed by atoms with Gasteiger partial charge in [0.15, 0.2) is 0 Å². The fourth-order valence-electron chi connectivity index (χ4n) is 4.79. The fourth-order valence-corrected chi connectivity index (χ4v) is 7.39. The lowest BCUT2D eigenvalue weighted by Crippen LogP contribution is -2.54. The number of nitrogens with zero attached hydrogens (tertiary/aromatic N) is 2. The van der Waals surface area contributed by atoms with E-state index in [1.807, 2.05) is 24.3 Å². The number of carbonyl (C=O) groups is 1. The minimum atomic E-state index is -4.02. The Bertz CT molecular complexity index is 1130. The highest BCUT2D eigenvalue weighted by atomic mass is 35.5. The number of rotatable bonds is 6. The van der Waals surface area contributed by atoms with Crippen LogP contribution in [0.3, 0.4) is 0 Å². The standard InChI is InChI=1S/C24H26Cl2N2O4S/c1-3-17-15-27(14-16-7-9-20(32-2)10-8-16)24(29)23-6-4-5-22(17)28(23)33(30,31)21-12-18(25)11-19(26)13-21/h3,7-13,17,22-23H,1,4-6,14-15H2,2H3/t17-,22?,23?/m0/s1. The molecule has 4 rings (SSSR count). The van der Waals surface area contributed by atoms with Gasteiger partial charge in [0.2, 0.25) is 15.9 Å². The van der Waals surface area contributed by atoms with Gasteiger partial charge in [-0.15, -0.1) is 6.58 Å². The number of ether oxygens (including phenoxy) is 1. The third kappa shape index (κ3) is 4.78. The Kier molecular flexibility index (Phi) is 7.05. The molecule has 33 heavy (non-hydrogen) atoms. The van der Waals surface area contributed by atoms with Crippen LogP contribution in [0.2, 0.25) is 10.0 Å². The zero-order chi connectivity index (χ0) is 23.8. The molecule has 2 aromatic carbocycles. The van der Waals surface area contributed by atoms with Crippen molar-refractivity contribution in [3.05, 3.63) is 70.7 Å². The molecule has 0 saturated carbocycles. The Morgan fingerprint density at radius 3 is 2.39 bits per heavy atom. The van der Waals surface area contributed by atoms with Crippen LogP contribution >= 0.6 is 23.2 Å². The van der Waals surface area contributed by atoms with Crippen molar-refractivity contribution < 1.29 is 17.9 Å². The van der Waals surface area contributed by atoms with Gasteiger partial charge in [0.1, 0.15) is 11.8 Å². The average Bonchev–Trinajstić information content (AvgIpc) is 2.86. The van der Waals surface area contributed by atoms with Gasteiger partial charge in [-0.3, -0.25) is 4.79 Å². The molecule has 2 fully saturated rings. The van der Waals surface area contributed by atoms with E-state index in [9.17, 15) is 13.2 Å². The molecule has 2 aliphatic rings. The monoisotopic (exact) mass is 508 g/mol. The van der Waals surface area contributed by atoms with Gasteiger partial charge in [0.05, 0.1) is 12.0 Å². The summed E-state index contributed by atoms with van der Waals surface area (Å²) >= 11 is 12.2. The van der Waals surface area contributed by atoms with Crippen molar-refractivity contribution in [3.63, 3.8) is 0 Å². The number of methoxy groups -OCH3 is 1. The predicted octanol–water partition coefficient (Wildman–Crippen LogP) is 4.76. The van der Waals surface area contributed by atoms with Crippen LogP contribution in [0.1, 0.15) is 24.8 Å². The van der Waals surface area contributed by atoms with E-state index in [1.54, 1.807) is 18.1 Å². The quantitative estimate of drug-likeness (QED) is 0.527. The second-order valence-electron chi connectivity index (χ2n) is 8.42. The summed E-state index contributed by atoms with van der Waals surface area (Å²) in [6.07, 6.45) is 3.65. The van der Waals surface area contributed by atoms with Crippen molar-refractivity contribution in [2.45, 2.75) is 42.8 Å². The first-order valence-electron chi connectivity index (χ1n) is 10.8. The van der Waals surface area contributed by atoms with Crippen LogP contribution in [0.15, 0.2) is 60.0 Å². The molecule has 0 aromatic heterocycles. The minimum absolute atomic E-state index is 0.00360. The maximum absolute atomic E-state index is 13.8. The first kappa shape index (κ1) is 24.1. The number of carbonyl (C=O) groups excluding carboxylic acids is 1. The summed E-state index contributed by atoms with van der Waals surface area (Å²) in [4.78, 5) is 15.4. The normalized spacial score (nSPS) is 23.8. The van der Waals surface area contributed by atoms with Crippen LogP contribution < -0.4 is 4.74 Å². The van der Waals surface area contributed by atoms with Gasteiger partial charge in [-0.05, 0) is 55.2 Å². The maximum atomic E-state index is 13.8. The summed E-state index contributed by atoms with van der Waals surface area (Å²) in [6, 6.07) is 10.6. The maximum Gasteiger partial charge on any atom is 0.244 e. The molecule has 2 aliphatic heterocycles. The Balaban J connectivity index is 1.72. The van der Waals surface area contributed by atoms with Gasteiger partial charge in [-0.2, -0.15) is 4.31 Å². The molecule has 1 amide bonds. The molecule has 0 spiro atoms. The predicted molar refractivity (Wildman–Crippen MR) is 129 cm³/mol. The molecular formula is C24H26Cl2N2O4S. The fraction of sp³-hybridized carbons (Fsp3) is 0.375. The van der Waals surface area contributed by atoms with Crippen molar-refractivity contribution in [1.82, 2.24) is 9.21 Å². The highest BCUT2D eigenvalue weighted by Crippen LogP contribution is 2.38. The lowest BCUT2D eigenvalue weighted by molar-refractivity contribution is -0.135. The first-order valence-corrected chi connectivity index (χ1v) is 13.0. The number of sulfonamides is 1. The van der Waals surface area contributed by atoms with E-state index >= 15 is 0 Å². The van der Waals surface area contributed by atoms with E-state index in [0.29, 0.717) is 25.9 Å². The Morgan fingerprint density at radius 2 is 1.79 bits per heavy atom. The number of fused-ring (bicyclic) bond motifs is 2. The topological polar surface area (TPSA) is 66.9 Å². The summed E-state index contributed by atoms with van der Waals surface area (Å²) in [7, 11) is -2.42. The Labute approximate surface area is 204 Å². The van der Waals surface area contributed by atoms with Crippen LogP contribution in [0.4, 0.5) is 0 Å². The van der Waals surface area contributed by atoms with Crippen molar-refractivity contribution >= 4 is 39.1 Å². The highest BCUT2D eigenvalue weighted by Gasteiger charge is 2.49. The average molecular weight is 509 g/mol. The van der Waals surface area contributed by atoms with Gasteiger partial charge in [0, 0.05) is 35.1 Å². The van der Waals surface area contributed by atoms with E-state index in [-0.39, 0.29) is 32.8 Å². The van der Waals surface area contributed by atoms with E-state index in [2.05, 4.69) is 6.58 Å². The van der Waals surface area contributed by atoms with Crippen LogP contribution in [0.25, 0.3) is 0 Å². The molecule has 2 saturated heterocycles. The number of piperidine rings is 1. The molecule has 0 radical (unpaired) electrons. The lowest BCUT2D eigenvalue weighted by atomic mass is 9.90. The smallest absolute Gasteiger partial charge is 0.244 e. The zero-order valence-corrected chi connectivity index (χ0v) is 20.6. The SMILES string of the molecule is C=C[C@H]1CN(Cc2ccc(OC)cc2)C(=O)C2CCCC1N2S(=O)(=O)c1cc(Cl)cc(Cl)c1. The number of hydrogen-bond donors (Lipinski definition) is 0. The first-order chi connectivity index (χ1) is 15.7. The molecule has 2 aromatic rings. The molecule has 9 heteroatoms. The van der Waals surface area contributed by atoms with Crippen molar-refractivity contribution in [1.29, 1.82) is 0 Å². The zero-order valence-electron chi connectivity index (χ0n) is 18.3. The van der Waals surface area contributed by atoms with Gasteiger partial charge in [-0.1, -0.05) is 41.4 Å². The molecule has 176 valence electrons. The Hall–Kier alpha value is -2.06. The van der Waals surface area contributed by atoms with E-state index in [0.717, 1.165) is 17.7 Å². The molecule has 3 atom stereocenters. The molecule has 2 unspecified atom stereocenters. The number of hydrogen-bond acceptors (Lipinski definition) is 4. The van der Waals surface area contributed by atoms with Crippen LogP contribution in [0.5, 0.6) is 5.75 Å². The summed E-state index contributed by atoms with van der Waals surface area (Å²) in [5.74, 6) is 0.330. The van der Waals surface area contributed by atoms with E-state index in [4.69, 9.17) is 27.9 Å². The van der Waals surface area contributed by atoms with Gasteiger partial charge >= 0.3 is 0 Å². The van der Waals surface area contributed by atoms with Gasteiger partial charge < -0.3 is 9.64 Å². The Morgan fingerprint density at radius 1 is 1.12 bits per heavy atom. The third-order valence-corrected chi connectivity index (χ3v) is 8.73. The largest absolute Gasteiger partial charge is 0.497 e. The second kappa shape index (κ2) is 9.66. The van der Waals surface area contributed by atoms with Crippen LogP contribution in [-0.2, 0) is 21.4 Å². The van der Waals surface area contributed by atoms with Gasteiger partial charge in [-0.25, -0.2) is 8.42 Å². The molecule has 0 N–H and O–H groups in total. The third-order valence-electron chi connectivity index (χ3n) is 6.38. The number of amides is 1. The molecular weight excluding hydrogens is 483 g/mol. The lowest BCUT2D eigenvalue weighted by Gasteiger charge is -2.40. The van der Waals surface area contributed by atoms with E-state index in [1.165, 1.54) is 22.5 Å². The second-order valence-corrected chi connectivity index (χ2v) is 11.1. The summed E-state index contributed by atoms with van der Waals surface area (Å²) in [5.41, 5.74) is 0.944. The molecule has 6 nitrogen and oxygen atoms in total. The molecule has 2 bridgehead atoms. The van der Waals surface area contributed by atoms with E-state index < -0.39 is 16.1 Å². The minimum Gasteiger partial charge on any atom is -0.497 e. The number of halogens is 2.